The molecule has 0 spiro atoms. The predicted octanol–water partition coefficient (Wildman–Crippen LogP) is 0.208. The molecule has 6 nitrogen and oxygen atoms in total. The Kier molecular flexibility index (Phi) is 5.98. The number of hydrogen-bond acceptors (Lipinski definition) is 3. The van der Waals surface area contributed by atoms with Crippen LogP contribution in [0, 0.1) is 0 Å². The summed E-state index contributed by atoms with van der Waals surface area (Å²) in [4.78, 5) is 24.1. The van der Waals surface area contributed by atoms with Gasteiger partial charge in [0.05, 0.1) is 56.2 Å². The number of H-pyrrole nitrogens is 1. The largest absolute Gasteiger partial charge is 0.359 e. The molecule has 0 radical (unpaired) electrons. The molecule has 28 heavy (non-hydrogen) atoms. The molecule has 1 aromatic heterocycles. The van der Waals surface area contributed by atoms with E-state index in [1.807, 2.05) is 41.4 Å². The van der Waals surface area contributed by atoms with Gasteiger partial charge in [-0.2, -0.15) is 0 Å². The average Bonchev–Trinajstić information content (AvgIpc) is 2.75. The highest BCUT2D eigenvalue weighted by atomic mass is 35.5. The highest BCUT2D eigenvalue weighted by Gasteiger charge is 2.29. The molecule has 0 aliphatic carbocycles. The van der Waals surface area contributed by atoms with E-state index in [0.717, 1.165) is 68.9 Å². The quantitative estimate of drug-likeness (QED) is 0.796. The number of carbonyl (C=O) groups excluding carboxylic acids is 1. The topological polar surface area (TPSA) is 45.4 Å². The molecule has 0 unspecified atom stereocenters. The van der Waals surface area contributed by atoms with E-state index in [9.17, 15) is 4.79 Å². The third-order valence-corrected chi connectivity index (χ3v) is 6.05. The first-order valence-electron chi connectivity index (χ1n) is 10.0. The molecule has 1 amide bonds. The van der Waals surface area contributed by atoms with E-state index >= 15 is 0 Å². The number of rotatable bonds is 4. The van der Waals surface area contributed by atoms with Crippen molar-refractivity contribution in [3.63, 3.8) is 0 Å². The maximum absolute atomic E-state index is 12.8. The standard InChI is InChI=1S/C21H26ClN5O/c22-18-5-1-2-6-19(18)25-11-9-24(10-12-25)17-21(28)27-15-13-26(14-16-27)20-7-3-4-8-23-20/h1-8H,9-17H2/p+2. The molecule has 2 N–H and O–H groups in total. The maximum Gasteiger partial charge on any atom is 0.278 e. The number of piperazine rings is 2. The van der Waals surface area contributed by atoms with Gasteiger partial charge in [-0.25, -0.2) is 4.98 Å². The fraction of sp³-hybridized carbons (Fsp3) is 0.429. The van der Waals surface area contributed by atoms with Crippen LogP contribution in [0.25, 0.3) is 0 Å². The summed E-state index contributed by atoms with van der Waals surface area (Å²) in [5.74, 6) is 1.40. The molecule has 2 aromatic rings. The monoisotopic (exact) mass is 401 g/mol. The second-order valence-electron chi connectivity index (χ2n) is 7.48. The summed E-state index contributed by atoms with van der Waals surface area (Å²) >= 11 is 6.32. The summed E-state index contributed by atoms with van der Waals surface area (Å²) in [6.45, 7) is 7.73. The first kappa shape index (κ1) is 19.0. The van der Waals surface area contributed by atoms with E-state index in [1.54, 1.807) is 0 Å². The second-order valence-corrected chi connectivity index (χ2v) is 7.89. The molecular formula is C21H28ClN5O+2. The molecule has 148 valence electrons. The number of quaternary nitrogens is 1. The van der Waals surface area contributed by atoms with Gasteiger partial charge in [0.25, 0.3) is 11.7 Å². The SMILES string of the molecule is O=C(C[NH+]1CCN(c2ccccc2Cl)CC1)N1CCN(c2cccc[nH+]2)CC1. The number of hydrogen-bond donors (Lipinski definition) is 1. The Hall–Kier alpha value is -2.31. The molecule has 2 saturated heterocycles. The van der Waals surface area contributed by atoms with Crippen molar-refractivity contribution >= 4 is 29.0 Å². The predicted molar refractivity (Wildman–Crippen MR) is 111 cm³/mol. The minimum absolute atomic E-state index is 0.276. The molecule has 0 atom stereocenters. The van der Waals surface area contributed by atoms with E-state index in [2.05, 4.69) is 26.9 Å². The summed E-state index contributed by atoms with van der Waals surface area (Å²) in [7, 11) is 0. The molecule has 2 aliphatic rings. The lowest BCUT2D eigenvalue weighted by Crippen LogP contribution is -3.16. The fourth-order valence-electron chi connectivity index (χ4n) is 4.05. The van der Waals surface area contributed by atoms with Crippen LogP contribution in [0.5, 0.6) is 0 Å². The van der Waals surface area contributed by atoms with Crippen LogP contribution >= 0.6 is 11.6 Å². The number of nitrogens with zero attached hydrogens (tertiary/aromatic N) is 3. The van der Waals surface area contributed by atoms with Crippen LogP contribution in [-0.2, 0) is 4.79 Å². The third-order valence-electron chi connectivity index (χ3n) is 5.73. The van der Waals surface area contributed by atoms with Crippen molar-refractivity contribution in [3.8, 4) is 0 Å². The summed E-state index contributed by atoms with van der Waals surface area (Å²) in [6, 6.07) is 14.1. The Balaban J connectivity index is 1.24. The minimum atomic E-state index is 0.276. The van der Waals surface area contributed by atoms with Crippen LogP contribution in [-0.4, -0.2) is 69.7 Å². The van der Waals surface area contributed by atoms with Gasteiger partial charge >= 0.3 is 0 Å². The smallest absolute Gasteiger partial charge is 0.278 e. The van der Waals surface area contributed by atoms with Gasteiger partial charge in [-0.3, -0.25) is 9.69 Å². The lowest BCUT2D eigenvalue weighted by molar-refractivity contribution is -0.892. The number of aromatic amines is 1. The Morgan fingerprint density at radius 1 is 0.929 bits per heavy atom. The van der Waals surface area contributed by atoms with Crippen LogP contribution in [0.1, 0.15) is 0 Å². The molecule has 0 bridgehead atoms. The number of nitrogens with one attached hydrogen (secondary N) is 2. The minimum Gasteiger partial charge on any atom is -0.359 e. The highest BCUT2D eigenvalue weighted by molar-refractivity contribution is 6.33. The zero-order valence-corrected chi connectivity index (χ0v) is 16.9. The second kappa shape index (κ2) is 8.80. The van der Waals surface area contributed by atoms with Gasteiger partial charge in [0.2, 0.25) is 0 Å². The number of carbonyl (C=O) groups is 1. The summed E-state index contributed by atoms with van der Waals surface area (Å²) in [6.07, 6.45) is 1.94. The van der Waals surface area contributed by atoms with Gasteiger partial charge in [-0.15, -0.1) is 0 Å². The number of halogens is 1. The normalized spacial score (nSPS) is 18.4. The number of amides is 1. The number of pyridine rings is 1. The van der Waals surface area contributed by atoms with Crippen LogP contribution in [0.15, 0.2) is 48.7 Å². The van der Waals surface area contributed by atoms with E-state index in [0.29, 0.717) is 6.54 Å². The summed E-state index contributed by atoms with van der Waals surface area (Å²) < 4.78 is 0. The van der Waals surface area contributed by atoms with Crippen LogP contribution in [0.3, 0.4) is 0 Å². The van der Waals surface area contributed by atoms with Crippen molar-refractivity contribution in [2.45, 2.75) is 0 Å². The Bertz CT molecular complexity index is 786. The highest BCUT2D eigenvalue weighted by Crippen LogP contribution is 2.24. The van der Waals surface area contributed by atoms with E-state index in [1.165, 1.54) is 4.90 Å². The van der Waals surface area contributed by atoms with Crippen molar-refractivity contribution in [1.82, 2.24) is 4.90 Å². The Labute approximate surface area is 171 Å². The number of anilines is 2. The zero-order valence-electron chi connectivity index (χ0n) is 16.1. The van der Waals surface area contributed by atoms with Gasteiger partial charge in [0, 0.05) is 6.07 Å². The van der Waals surface area contributed by atoms with Gasteiger partial charge in [0.15, 0.2) is 6.54 Å². The summed E-state index contributed by atoms with van der Waals surface area (Å²) in [5, 5.41) is 0.801. The number of aromatic nitrogens is 1. The van der Waals surface area contributed by atoms with Crippen molar-refractivity contribution < 1.29 is 14.7 Å². The number of para-hydroxylation sites is 1. The van der Waals surface area contributed by atoms with Crippen molar-refractivity contribution in [1.29, 1.82) is 0 Å². The lowest BCUT2D eigenvalue weighted by atomic mass is 10.2. The van der Waals surface area contributed by atoms with Crippen molar-refractivity contribution in [2.24, 2.45) is 0 Å². The lowest BCUT2D eigenvalue weighted by Gasteiger charge is -2.35. The van der Waals surface area contributed by atoms with Crippen molar-refractivity contribution in [3.05, 3.63) is 53.7 Å². The van der Waals surface area contributed by atoms with Gasteiger partial charge in [-0.05, 0) is 18.2 Å². The van der Waals surface area contributed by atoms with Crippen LogP contribution in [0.2, 0.25) is 5.02 Å². The molecule has 2 fully saturated rings. The van der Waals surface area contributed by atoms with Gasteiger partial charge < -0.3 is 14.7 Å². The molecule has 1 aromatic carbocycles. The average molecular weight is 402 g/mol. The first-order chi connectivity index (χ1) is 13.7. The number of benzene rings is 1. The van der Waals surface area contributed by atoms with E-state index in [4.69, 9.17) is 11.6 Å². The zero-order chi connectivity index (χ0) is 19.3. The van der Waals surface area contributed by atoms with Crippen molar-refractivity contribution in [2.75, 3.05) is 68.7 Å². The fourth-order valence-corrected chi connectivity index (χ4v) is 4.31. The Morgan fingerprint density at radius 2 is 1.64 bits per heavy atom. The van der Waals surface area contributed by atoms with Gasteiger partial charge in [0.1, 0.15) is 13.1 Å². The molecule has 2 aliphatic heterocycles. The first-order valence-corrected chi connectivity index (χ1v) is 10.4. The Morgan fingerprint density at radius 3 is 2.32 bits per heavy atom. The summed E-state index contributed by atoms with van der Waals surface area (Å²) in [5.41, 5.74) is 1.10. The molecular weight excluding hydrogens is 374 g/mol. The molecule has 3 heterocycles. The molecule has 4 rings (SSSR count). The molecule has 0 saturated carbocycles. The van der Waals surface area contributed by atoms with E-state index < -0.39 is 0 Å². The van der Waals surface area contributed by atoms with Crippen LogP contribution in [0.4, 0.5) is 11.5 Å². The maximum atomic E-state index is 12.8. The van der Waals surface area contributed by atoms with E-state index in [-0.39, 0.29) is 5.91 Å². The van der Waals surface area contributed by atoms with Gasteiger partial charge in [-0.1, -0.05) is 29.8 Å². The van der Waals surface area contributed by atoms with Crippen LogP contribution < -0.4 is 19.7 Å². The molecule has 7 heteroatoms. The third kappa shape index (κ3) is 4.39.